The normalized spacial score (nSPS) is 14.7. The fraction of sp³-hybridized carbons (Fsp3) is 0.917. The van der Waals surface area contributed by atoms with E-state index in [1.54, 1.807) is 7.11 Å². The Hall–Kier alpha value is -0.650. The smallest absolute Gasteiger partial charge is 0.234 e. The van der Waals surface area contributed by atoms with Gasteiger partial charge in [0.2, 0.25) is 5.91 Å². The van der Waals surface area contributed by atoms with Crippen molar-refractivity contribution < 1.29 is 9.53 Å². The number of nitrogens with one attached hydrogen (secondary N) is 1. The van der Waals surface area contributed by atoms with Crippen LogP contribution in [-0.4, -0.2) is 56.7 Å². The average molecular weight is 245 g/mol. The van der Waals surface area contributed by atoms with Gasteiger partial charge in [-0.05, 0) is 25.9 Å². The van der Waals surface area contributed by atoms with Gasteiger partial charge in [-0.2, -0.15) is 0 Å². The van der Waals surface area contributed by atoms with E-state index >= 15 is 0 Å². The molecule has 0 spiro atoms. The number of hydrogen-bond acceptors (Lipinski definition) is 4. The van der Waals surface area contributed by atoms with Crippen LogP contribution in [0.1, 0.15) is 20.8 Å². The van der Waals surface area contributed by atoms with E-state index in [9.17, 15) is 4.79 Å². The van der Waals surface area contributed by atoms with Gasteiger partial charge in [-0.1, -0.05) is 13.8 Å². The van der Waals surface area contributed by atoms with E-state index in [-0.39, 0.29) is 11.9 Å². The zero-order valence-electron chi connectivity index (χ0n) is 11.5. The van der Waals surface area contributed by atoms with Crippen molar-refractivity contribution in [2.45, 2.75) is 26.8 Å². The molecular weight excluding hydrogens is 218 g/mol. The number of hydrogen-bond donors (Lipinski definition) is 2. The average Bonchev–Trinajstić information content (AvgIpc) is 2.27. The number of amides is 1. The van der Waals surface area contributed by atoms with Crippen LogP contribution in [-0.2, 0) is 9.53 Å². The quantitative estimate of drug-likeness (QED) is 0.602. The van der Waals surface area contributed by atoms with Gasteiger partial charge in [-0.15, -0.1) is 0 Å². The first kappa shape index (κ1) is 16.4. The molecule has 5 heteroatoms. The Bertz CT molecular complexity index is 212. The Balaban J connectivity index is 3.97. The number of carbonyl (C=O) groups is 1. The predicted molar refractivity (Wildman–Crippen MR) is 69.8 cm³/mol. The molecule has 0 aromatic rings. The molecule has 0 radical (unpaired) electrons. The van der Waals surface area contributed by atoms with Crippen molar-refractivity contribution in [3.8, 4) is 0 Å². The lowest BCUT2D eigenvalue weighted by molar-refractivity contribution is -0.123. The second-order valence-electron chi connectivity index (χ2n) is 4.59. The summed E-state index contributed by atoms with van der Waals surface area (Å²) in [5, 5.41) is 2.90. The van der Waals surface area contributed by atoms with Crippen LogP contribution in [0.4, 0.5) is 0 Å². The lowest BCUT2D eigenvalue weighted by atomic mass is 10.1. The van der Waals surface area contributed by atoms with Gasteiger partial charge in [0, 0.05) is 19.7 Å². The SMILES string of the molecule is CCN(CC(=O)NC(C)COC)CC(C)CN. The fourth-order valence-electron chi connectivity index (χ4n) is 1.64. The summed E-state index contributed by atoms with van der Waals surface area (Å²) in [7, 11) is 1.63. The van der Waals surface area contributed by atoms with Crippen LogP contribution in [0.5, 0.6) is 0 Å². The summed E-state index contributed by atoms with van der Waals surface area (Å²) in [6, 6.07) is 0.0538. The summed E-state index contributed by atoms with van der Waals surface area (Å²) in [6.45, 7) is 9.41. The molecule has 0 aliphatic carbocycles. The number of rotatable bonds is 9. The molecule has 5 nitrogen and oxygen atoms in total. The molecule has 0 aromatic heterocycles. The standard InChI is InChI=1S/C12H27N3O2/c1-5-15(7-10(2)6-13)8-12(16)14-11(3)9-17-4/h10-11H,5-9,13H2,1-4H3,(H,14,16). The molecule has 3 N–H and O–H groups in total. The summed E-state index contributed by atoms with van der Waals surface area (Å²) in [5.74, 6) is 0.458. The van der Waals surface area contributed by atoms with E-state index < -0.39 is 0 Å². The van der Waals surface area contributed by atoms with Crippen LogP contribution in [0.15, 0.2) is 0 Å². The number of likely N-dealkylation sites (N-methyl/N-ethyl adjacent to an activating group) is 1. The van der Waals surface area contributed by atoms with Crippen LogP contribution in [0.2, 0.25) is 0 Å². The Morgan fingerprint density at radius 3 is 2.59 bits per heavy atom. The highest BCUT2D eigenvalue weighted by Gasteiger charge is 2.13. The number of nitrogens with two attached hydrogens (primary N) is 1. The number of methoxy groups -OCH3 is 1. The highest BCUT2D eigenvalue weighted by molar-refractivity contribution is 5.78. The van der Waals surface area contributed by atoms with Crippen molar-refractivity contribution in [3.05, 3.63) is 0 Å². The van der Waals surface area contributed by atoms with Crippen molar-refractivity contribution in [1.29, 1.82) is 0 Å². The van der Waals surface area contributed by atoms with Crippen molar-refractivity contribution in [3.63, 3.8) is 0 Å². The van der Waals surface area contributed by atoms with Gasteiger partial charge in [0.15, 0.2) is 0 Å². The molecule has 102 valence electrons. The Morgan fingerprint density at radius 2 is 2.12 bits per heavy atom. The number of nitrogens with zero attached hydrogens (tertiary/aromatic N) is 1. The van der Waals surface area contributed by atoms with Crippen LogP contribution in [0, 0.1) is 5.92 Å². The number of carbonyl (C=O) groups excluding carboxylic acids is 1. The van der Waals surface area contributed by atoms with Crippen molar-refractivity contribution in [2.75, 3.05) is 39.9 Å². The third-order valence-electron chi connectivity index (χ3n) is 2.61. The molecule has 2 atom stereocenters. The predicted octanol–water partition coefficient (Wildman–Crippen LogP) is 0.0542. The van der Waals surface area contributed by atoms with E-state index in [0.717, 1.165) is 13.1 Å². The summed E-state index contributed by atoms with van der Waals surface area (Å²) in [4.78, 5) is 13.8. The van der Waals surface area contributed by atoms with Crippen LogP contribution in [0.25, 0.3) is 0 Å². The highest BCUT2D eigenvalue weighted by atomic mass is 16.5. The van der Waals surface area contributed by atoms with Gasteiger partial charge in [0.1, 0.15) is 0 Å². The first-order valence-electron chi connectivity index (χ1n) is 6.24. The molecule has 0 fully saturated rings. The minimum absolute atomic E-state index is 0.0422. The Labute approximate surface area is 105 Å². The molecule has 0 heterocycles. The third-order valence-corrected chi connectivity index (χ3v) is 2.61. The first-order chi connectivity index (χ1) is 8.03. The van der Waals surface area contributed by atoms with E-state index in [4.69, 9.17) is 10.5 Å². The van der Waals surface area contributed by atoms with Gasteiger partial charge in [-0.25, -0.2) is 0 Å². The first-order valence-corrected chi connectivity index (χ1v) is 6.24. The van der Waals surface area contributed by atoms with Gasteiger partial charge < -0.3 is 15.8 Å². The Morgan fingerprint density at radius 1 is 1.47 bits per heavy atom. The third kappa shape index (κ3) is 8.12. The molecule has 1 amide bonds. The maximum atomic E-state index is 11.7. The lowest BCUT2D eigenvalue weighted by Crippen LogP contribution is -2.44. The minimum atomic E-state index is 0.0422. The highest BCUT2D eigenvalue weighted by Crippen LogP contribution is 1.97. The van der Waals surface area contributed by atoms with Crippen LogP contribution < -0.4 is 11.1 Å². The van der Waals surface area contributed by atoms with E-state index in [0.29, 0.717) is 25.6 Å². The van der Waals surface area contributed by atoms with E-state index in [1.165, 1.54) is 0 Å². The molecule has 2 unspecified atom stereocenters. The summed E-state index contributed by atoms with van der Waals surface area (Å²) < 4.78 is 4.97. The molecule has 17 heavy (non-hydrogen) atoms. The van der Waals surface area contributed by atoms with Crippen molar-refractivity contribution in [2.24, 2.45) is 11.7 Å². The molecule has 0 saturated heterocycles. The minimum Gasteiger partial charge on any atom is -0.383 e. The molecule has 0 rings (SSSR count). The zero-order chi connectivity index (χ0) is 13.3. The van der Waals surface area contributed by atoms with Crippen molar-refractivity contribution in [1.82, 2.24) is 10.2 Å². The van der Waals surface area contributed by atoms with Crippen LogP contribution in [0.3, 0.4) is 0 Å². The largest absolute Gasteiger partial charge is 0.383 e. The second-order valence-corrected chi connectivity index (χ2v) is 4.59. The second kappa shape index (κ2) is 9.39. The van der Waals surface area contributed by atoms with Crippen LogP contribution >= 0.6 is 0 Å². The monoisotopic (exact) mass is 245 g/mol. The van der Waals surface area contributed by atoms with Gasteiger partial charge >= 0.3 is 0 Å². The summed E-state index contributed by atoms with van der Waals surface area (Å²) in [6.07, 6.45) is 0. The van der Waals surface area contributed by atoms with Gasteiger partial charge in [0.05, 0.1) is 13.2 Å². The Kier molecular flexibility index (Phi) is 9.03. The van der Waals surface area contributed by atoms with Crippen molar-refractivity contribution >= 4 is 5.91 Å². The maximum Gasteiger partial charge on any atom is 0.234 e. The molecule has 0 bridgehead atoms. The summed E-state index contributed by atoms with van der Waals surface area (Å²) in [5.41, 5.74) is 5.58. The lowest BCUT2D eigenvalue weighted by Gasteiger charge is -2.23. The summed E-state index contributed by atoms with van der Waals surface area (Å²) >= 11 is 0. The zero-order valence-corrected chi connectivity index (χ0v) is 11.5. The molecular formula is C12H27N3O2. The molecule has 0 saturated carbocycles. The van der Waals surface area contributed by atoms with Gasteiger partial charge in [-0.3, -0.25) is 9.69 Å². The topological polar surface area (TPSA) is 67.6 Å². The maximum absolute atomic E-state index is 11.7. The fourth-order valence-corrected chi connectivity index (χ4v) is 1.64. The van der Waals surface area contributed by atoms with E-state index in [1.807, 2.05) is 6.92 Å². The number of ether oxygens (including phenoxy) is 1. The van der Waals surface area contributed by atoms with E-state index in [2.05, 4.69) is 24.1 Å². The molecule has 0 aromatic carbocycles. The molecule has 0 aliphatic heterocycles. The van der Waals surface area contributed by atoms with Gasteiger partial charge in [0.25, 0.3) is 0 Å². The molecule has 0 aliphatic rings.